The smallest absolute Gasteiger partial charge is 0.329 e. The Morgan fingerprint density at radius 2 is 1.91 bits per heavy atom. The second kappa shape index (κ2) is 8.90. The Balaban J connectivity index is 1.28. The lowest BCUT2D eigenvalue weighted by Gasteiger charge is -2.31. The van der Waals surface area contributed by atoms with Gasteiger partial charge in [-0.05, 0) is 42.7 Å². The molecule has 3 heterocycles. The quantitative estimate of drug-likeness (QED) is 0.448. The molecule has 5 rings (SSSR count). The first-order valence-electron chi connectivity index (χ1n) is 11.1. The van der Waals surface area contributed by atoms with Gasteiger partial charge in [0.25, 0.3) is 0 Å². The molecule has 0 N–H and O–H groups in total. The standard InChI is InChI=1S/C25H25ClN4O3/c1-28-21-6-2-3-7-22(21)30(25(28)32)16-23(31)29-12-4-5-18(15-29)24-27-14-20(33-24)13-17-8-10-19(26)11-9-17/h2-3,6-11,14,18H,4-5,12-13,15-16H2,1H3/t18-/m1/s1. The topological polar surface area (TPSA) is 73.3 Å². The summed E-state index contributed by atoms with van der Waals surface area (Å²) in [6.45, 7) is 1.24. The molecule has 1 aliphatic rings. The van der Waals surface area contributed by atoms with Crippen LogP contribution in [-0.4, -0.2) is 38.0 Å². The molecule has 1 amide bonds. The lowest BCUT2D eigenvalue weighted by molar-refractivity contribution is -0.133. The Morgan fingerprint density at radius 3 is 2.70 bits per heavy atom. The molecule has 0 bridgehead atoms. The number of aromatic nitrogens is 3. The Bertz CT molecular complexity index is 1350. The van der Waals surface area contributed by atoms with Crippen molar-refractivity contribution in [1.82, 2.24) is 19.0 Å². The van der Waals surface area contributed by atoms with E-state index < -0.39 is 0 Å². The van der Waals surface area contributed by atoms with Gasteiger partial charge < -0.3 is 9.32 Å². The summed E-state index contributed by atoms with van der Waals surface area (Å²) >= 11 is 5.96. The van der Waals surface area contributed by atoms with E-state index in [1.165, 1.54) is 0 Å². The van der Waals surface area contributed by atoms with E-state index in [4.69, 9.17) is 16.0 Å². The number of carbonyl (C=O) groups excluding carboxylic acids is 1. The van der Waals surface area contributed by atoms with E-state index in [9.17, 15) is 9.59 Å². The number of benzene rings is 2. The van der Waals surface area contributed by atoms with Crippen molar-refractivity contribution in [3.05, 3.63) is 87.4 Å². The summed E-state index contributed by atoms with van der Waals surface area (Å²) in [6, 6.07) is 15.2. The fourth-order valence-corrected chi connectivity index (χ4v) is 4.68. The van der Waals surface area contributed by atoms with Crippen LogP contribution in [0, 0.1) is 0 Å². The fraction of sp³-hybridized carbons (Fsp3) is 0.320. The molecule has 0 spiro atoms. The Kier molecular flexibility index (Phi) is 5.81. The number of hydrogen-bond donors (Lipinski definition) is 0. The third-order valence-electron chi connectivity index (χ3n) is 6.33. The summed E-state index contributed by atoms with van der Waals surface area (Å²) in [5, 5.41) is 0.703. The number of aryl methyl sites for hydroxylation is 1. The maximum absolute atomic E-state index is 13.1. The van der Waals surface area contributed by atoms with E-state index in [0.717, 1.165) is 35.2 Å². The van der Waals surface area contributed by atoms with Gasteiger partial charge in [0.05, 0.1) is 23.1 Å². The first-order valence-corrected chi connectivity index (χ1v) is 11.5. The lowest BCUT2D eigenvalue weighted by Crippen LogP contribution is -2.42. The summed E-state index contributed by atoms with van der Waals surface area (Å²) in [5.74, 6) is 1.44. The minimum atomic E-state index is -0.183. The van der Waals surface area contributed by atoms with Crippen molar-refractivity contribution < 1.29 is 9.21 Å². The molecule has 2 aromatic carbocycles. The number of piperidine rings is 1. The maximum Gasteiger partial charge on any atom is 0.329 e. The van der Waals surface area contributed by atoms with Crippen molar-refractivity contribution in [2.24, 2.45) is 7.05 Å². The zero-order valence-electron chi connectivity index (χ0n) is 18.4. The van der Waals surface area contributed by atoms with Gasteiger partial charge in [-0.2, -0.15) is 0 Å². The summed E-state index contributed by atoms with van der Waals surface area (Å²) in [5.41, 5.74) is 2.51. The van der Waals surface area contributed by atoms with E-state index in [1.807, 2.05) is 53.4 Å². The number of likely N-dealkylation sites (tertiary alicyclic amines) is 1. The van der Waals surface area contributed by atoms with Gasteiger partial charge in [-0.3, -0.25) is 13.9 Å². The summed E-state index contributed by atoms with van der Waals surface area (Å²) < 4.78 is 9.18. The van der Waals surface area contributed by atoms with Crippen LogP contribution in [0.15, 0.2) is 63.9 Å². The van der Waals surface area contributed by atoms with Crippen molar-refractivity contribution in [2.75, 3.05) is 13.1 Å². The molecule has 0 aliphatic carbocycles. The lowest BCUT2D eigenvalue weighted by atomic mass is 9.98. The molecular formula is C25H25ClN4O3. The van der Waals surface area contributed by atoms with E-state index in [0.29, 0.717) is 30.4 Å². The number of imidazole rings is 1. The van der Waals surface area contributed by atoms with Crippen LogP contribution in [0.25, 0.3) is 11.0 Å². The average molecular weight is 465 g/mol. The number of para-hydroxylation sites is 2. The van der Waals surface area contributed by atoms with Crippen molar-refractivity contribution in [3.63, 3.8) is 0 Å². The highest BCUT2D eigenvalue weighted by molar-refractivity contribution is 6.30. The molecule has 8 heteroatoms. The third-order valence-corrected chi connectivity index (χ3v) is 6.58. The summed E-state index contributed by atoms with van der Waals surface area (Å²) in [6.07, 6.45) is 4.19. The Hall–Kier alpha value is -3.32. The second-order valence-corrected chi connectivity index (χ2v) is 9.00. The molecule has 170 valence electrons. The van der Waals surface area contributed by atoms with Crippen LogP contribution in [0.2, 0.25) is 5.02 Å². The second-order valence-electron chi connectivity index (χ2n) is 8.56. The molecule has 0 radical (unpaired) electrons. The SMILES string of the molecule is Cn1c(=O)n(CC(=O)N2CCC[C@@H](c3ncc(Cc4ccc(Cl)cc4)o3)C2)c2ccccc21. The van der Waals surface area contributed by atoms with Gasteiger partial charge in [-0.25, -0.2) is 9.78 Å². The monoisotopic (exact) mass is 464 g/mol. The number of carbonyl (C=O) groups is 1. The molecule has 4 aromatic rings. The molecule has 0 unspecified atom stereocenters. The number of halogens is 1. The molecule has 1 fully saturated rings. The highest BCUT2D eigenvalue weighted by atomic mass is 35.5. The number of amides is 1. The maximum atomic E-state index is 13.1. The van der Waals surface area contributed by atoms with Crippen LogP contribution in [0.3, 0.4) is 0 Å². The highest BCUT2D eigenvalue weighted by Crippen LogP contribution is 2.27. The first-order chi connectivity index (χ1) is 16.0. The van der Waals surface area contributed by atoms with Crippen molar-refractivity contribution in [3.8, 4) is 0 Å². The fourth-order valence-electron chi connectivity index (χ4n) is 4.55. The third kappa shape index (κ3) is 4.33. The predicted octanol–water partition coefficient (Wildman–Crippen LogP) is 3.98. The van der Waals surface area contributed by atoms with E-state index in [-0.39, 0.29) is 24.1 Å². The first kappa shape index (κ1) is 21.5. The molecular weight excluding hydrogens is 440 g/mol. The Labute approximate surface area is 196 Å². The minimum Gasteiger partial charge on any atom is -0.445 e. The number of nitrogens with zero attached hydrogens (tertiary/aromatic N) is 4. The Morgan fingerprint density at radius 1 is 1.15 bits per heavy atom. The van der Waals surface area contributed by atoms with E-state index in [2.05, 4.69) is 4.98 Å². The van der Waals surface area contributed by atoms with E-state index in [1.54, 1.807) is 22.4 Å². The molecule has 0 saturated carbocycles. The molecule has 1 saturated heterocycles. The summed E-state index contributed by atoms with van der Waals surface area (Å²) in [7, 11) is 1.73. The van der Waals surface area contributed by atoms with Gasteiger partial charge in [0, 0.05) is 31.6 Å². The van der Waals surface area contributed by atoms with Crippen LogP contribution in [0.5, 0.6) is 0 Å². The van der Waals surface area contributed by atoms with Crippen LogP contribution in [0.4, 0.5) is 0 Å². The van der Waals surface area contributed by atoms with Crippen LogP contribution >= 0.6 is 11.6 Å². The number of hydrogen-bond acceptors (Lipinski definition) is 4. The van der Waals surface area contributed by atoms with Crippen molar-refractivity contribution in [1.29, 1.82) is 0 Å². The predicted molar refractivity (Wildman–Crippen MR) is 126 cm³/mol. The summed E-state index contributed by atoms with van der Waals surface area (Å²) in [4.78, 5) is 32.1. The largest absolute Gasteiger partial charge is 0.445 e. The molecule has 1 atom stereocenters. The van der Waals surface area contributed by atoms with E-state index >= 15 is 0 Å². The zero-order valence-corrected chi connectivity index (χ0v) is 19.2. The average Bonchev–Trinajstić information content (AvgIpc) is 3.40. The van der Waals surface area contributed by atoms with Gasteiger partial charge in [0.2, 0.25) is 5.91 Å². The molecule has 1 aliphatic heterocycles. The van der Waals surface area contributed by atoms with Crippen molar-refractivity contribution >= 4 is 28.5 Å². The normalized spacial score (nSPS) is 16.4. The van der Waals surface area contributed by atoms with Gasteiger partial charge in [0.1, 0.15) is 12.3 Å². The van der Waals surface area contributed by atoms with Crippen LogP contribution < -0.4 is 5.69 Å². The number of rotatable bonds is 5. The molecule has 2 aromatic heterocycles. The van der Waals surface area contributed by atoms with Gasteiger partial charge in [0.15, 0.2) is 5.89 Å². The van der Waals surface area contributed by atoms with Crippen molar-refractivity contribution in [2.45, 2.75) is 31.7 Å². The molecule has 33 heavy (non-hydrogen) atoms. The van der Waals surface area contributed by atoms with Gasteiger partial charge in [-0.15, -0.1) is 0 Å². The zero-order chi connectivity index (χ0) is 22.9. The van der Waals surface area contributed by atoms with Gasteiger partial charge >= 0.3 is 5.69 Å². The minimum absolute atomic E-state index is 0.0281. The molecule has 7 nitrogen and oxygen atoms in total. The number of fused-ring (bicyclic) bond motifs is 1. The van der Waals surface area contributed by atoms with Crippen LogP contribution in [-0.2, 0) is 24.8 Å². The van der Waals surface area contributed by atoms with Gasteiger partial charge in [-0.1, -0.05) is 35.9 Å². The van der Waals surface area contributed by atoms with Crippen LogP contribution in [0.1, 0.15) is 36.0 Å². The highest BCUT2D eigenvalue weighted by Gasteiger charge is 2.28. The number of oxazole rings is 1.